The van der Waals surface area contributed by atoms with E-state index in [0.717, 1.165) is 16.2 Å². The van der Waals surface area contributed by atoms with Gasteiger partial charge in [0, 0.05) is 21.7 Å². The number of nitrogens with one attached hydrogen (secondary N) is 1. The number of methoxy groups -OCH3 is 1. The van der Waals surface area contributed by atoms with Gasteiger partial charge in [-0.3, -0.25) is 4.21 Å². The van der Waals surface area contributed by atoms with E-state index in [2.05, 4.69) is 5.32 Å². The van der Waals surface area contributed by atoms with Gasteiger partial charge in [-0.1, -0.05) is 29.8 Å². The first-order valence-corrected chi connectivity index (χ1v) is 8.29. The van der Waals surface area contributed by atoms with E-state index in [0.29, 0.717) is 10.8 Å². The molecule has 21 heavy (non-hydrogen) atoms. The highest BCUT2D eigenvalue weighted by molar-refractivity contribution is 7.85. The van der Waals surface area contributed by atoms with Gasteiger partial charge in [-0.25, -0.2) is 0 Å². The van der Waals surface area contributed by atoms with Gasteiger partial charge in [-0.05, 0) is 42.9 Å². The molecule has 0 aliphatic carbocycles. The van der Waals surface area contributed by atoms with Crippen LogP contribution in [0.2, 0.25) is 5.02 Å². The Hall–Kier alpha value is -1.36. The fourth-order valence-electron chi connectivity index (χ4n) is 2.06. The topological polar surface area (TPSA) is 38.3 Å². The van der Waals surface area contributed by atoms with E-state index in [1.807, 2.05) is 43.4 Å². The summed E-state index contributed by atoms with van der Waals surface area (Å²) < 4.78 is 17.7. The molecule has 0 aromatic heterocycles. The summed E-state index contributed by atoms with van der Waals surface area (Å²) in [7, 11) is 2.38. The molecule has 2 unspecified atom stereocenters. The van der Waals surface area contributed by atoms with Crippen molar-refractivity contribution in [2.75, 3.05) is 19.9 Å². The lowest BCUT2D eigenvalue weighted by Crippen LogP contribution is -2.22. The predicted molar refractivity (Wildman–Crippen MR) is 87.5 cm³/mol. The van der Waals surface area contributed by atoms with Gasteiger partial charge >= 0.3 is 0 Å². The standard InChI is InChI=1S/C16H18ClNO2S/c1-18-16(12-5-3-7-14(9-12)20-2)11-21(19)15-8-4-6-13(17)10-15/h3-10,16,18H,11H2,1-2H3. The first kappa shape index (κ1) is 16.0. The first-order valence-electron chi connectivity index (χ1n) is 6.59. The molecule has 0 fully saturated rings. The summed E-state index contributed by atoms with van der Waals surface area (Å²) in [5.74, 6) is 1.27. The summed E-state index contributed by atoms with van der Waals surface area (Å²) in [6.45, 7) is 0. The number of ether oxygens (including phenoxy) is 1. The Labute approximate surface area is 132 Å². The molecule has 0 aliphatic rings. The molecule has 0 heterocycles. The molecule has 0 saturated carbocycles. The van der Waals surface area contributed by atoms with Gasteiger partial charge in [0.05, 0.1) is 17.9 Å². The minimum atomic E-state index is -1.12. The van der Waals surface area contributed by atoms with Gasteiger partial charge in [0.25, 0.3) is 0 Å². The van der Waals surface area contributed by atoms with Crippen molar-refractivity contribution >= 4 is 22.4 Å². The zero-order valence-corrected chi connectivity index (χ0v) is 13.6. The van der Waals surface area contributed by atoms with Gasteiger partial charge in [-0.15, -0.1) is 0 Å². The number of rotatable bonds is 6. The fourth-order valence-corrected chi connectivity index (χ4v) is 3.66. The molecule has 1 N–H and O–H groups in total. The summed E-state index contributed by atoms with van der Waals surface area (Å²) in [5, 5.41) is 3.80. The van der Waals surface area contributed by atoms with Crippen LogP contribution in [0.1, 0.15) is 11.6 Å². The zero-order chi connectivity index (χ0) is 15.2. The van der Waals surface area contributed by atoms with Crippen molar-refractivity contribution in [3.8, 4) is 5.75 Å². The third kappa shape index (κ3) is 4.30. The molecule has 112 valence electrons. The van der Waals surface area contributed by atoms with Crippen LogP contribution in [0.15, 0.2) is 53.4 Å². The van der Waals surface area contributed by atoms with Gasteiger partial charge < -0.3 is 10.1 Å². The summed E-state index contributed by atoms with van der Waals surface area (Å²) in [4.78, 5) is 0.741. The third-order valence-corrected chi connectivity index (χ3v) is 4.87. The largest absolute Gasteiger partial charge is 0.497 e. The maximum absolute atomic E-state index is 12.5. The lowest BCUT2D eigenvalue weighted by atomic mass is 10.1. The molecular weight excluding hydrogens is 306 g/mol. The van der Waals surface area contributed by atoms with Crippen LogP contribution in [0.25, 0.3) is 0 Å². The highest BCUT2D eigenvalue weighted by Gasteiger charge is 2.15. The molecule has 0 spiro atoms. The fraction of sp³-hybridized carbons (Fsp3) is 0.250. The van der Waals surface area contributed by atoms with E-state index < -0.39 is 10.8 Å². The molecule has 0 aliphatic heterocycles. The SMILES string of the molecule is CNC(CS(=O)c1cccc(Cl)c1)c1cccc(OC)c1. The molecule has 0 bridgehead atoms. The summed E-state index contributed by atoms with van der Waals surface area (Å²) in [6.07, 6.45) is 0. The third-order valence-electron chi connectivity index (χ3n) is 3.22. The van der Waals surface area contributed by atoms with E-state index in [-0.39, 0.29) is 6.04 Å². The van der Waals surface area contributed by atoms with Crippen molar-refractivity contribution in [2.45, 2.75) is 10.9 Å². The molecule has 2 atom stereocenters. The van der Waals surface area contributed by atoms with E-state index >= 15 is 0 Å². The van der Waals surface area contributed by atoms with Gasteiger partial charge in [0.2, 0.25) is 0 Å². The number of hydrogen-bond acceptors (Lipinski definition) is 3. The van der Waals surface area contributed by atoms with Crippen LogP contribution in [0.5, 0.6) is 5.75 Å². The predicted octanol–water partition coefficient (Wildman–Crippen LogP) is 3.42. The molecule has 2 rings (SSSR count). The Morgan fingerprint density at radius 3 is 2.67 bits per heavy atom. The van der Waals surface area contributed by atoms with Gasteiger partial charge in [-0.2, -0.15) is 0 Å². The van der Waals surface area contributed by atoms with Crippen LogP contribution in [-0.4, -0.2) is 24.1 Å². The number of benzene rings is 2. The Morgan fingerprint density at radius 1 is 1.24 bits per heavy atom. The van der Waals surface area contributed by atoms with Crippen LogP contribution in [-0.2, 0) is 10.8 Å². The van der Waals surface area contributed by atoms with E-state index in [1.165, 1.54) is 0 Å². The molecule has 5 heteroatoms. The number of hydrogen-bond donors (Lipinski definition) is 1. The van der Waals surface area contributed by atoms with Crippen molar-refractivity contribution in [3.05, 3.63) is 59.1 Å². The highest BCUT2D eigenvalue weighted by atomic mass is 35.5. The van der Waals surface area contributed by atoms with Crippen LogP contribution >= 0.6 is 11.6 Å². The average molecular weight is 324 g/mol. The smallest absolute Gasteiger partial charge is 0.119 e. The monoisotopic (exact) mass is 323 g/mol. The zero-order valence-electron chi connectivity index (χ0n) is 12.0. The Kier molecular flexibility index (Phi) is 5.79. The first-order chi connectivity index (χ1) is 10.1. The van der Waals surface area contributed by atoms with Crippen molar-refractivity contribution in [1.29, 1.82) is 0 Å². The average Bonchev–Trinajstić information content (AvgIpc) is 2.52. The van der Waals surface area contributed by atoms with Crippen molar-refractivity contribution < 1.29 is 8.95 Å². The summed E-state index contributed by atoms with van der Waals surface area (Å²) >= 11 is 5.95. The second-order valence-corrected chi connectivity index (χ2v) is 6.52. The van der Waals surface area contributed by atoms with E-state index in [1.54, 1.807) is 19.2 Å². The van der Waals surface area contributed by atoms with E-state index in [9.17, 15) is 4.21 Å². The van der Waals surface area contributed by atoms with Gasteiger partial charge in [0.15, 0.2) is 0 Å². The van der Waals surface area contributed by atoms with Gasteiger partial charge in [0.1, 0.15) is 5.75 Å². The Morgan fingerprint density at radius 2 is 2.00 bits per heavy atom. The van der Waals surface area contributed by atoms with Crippen LogP contribution < -0.4 is 10.1 Å². The molecule has 2 aromatic rings. The van der Waals surface area contributed by atoms with Crippen molar-refractivity contribution in [2.24, 2.45) is 0 Å². The quantitative estimate of drug-likeness (QED) is 0.885. The second-order valence-electron chi connectivity index (χ2n) is 4.59. The minimum absolute atomic E-state index is 0.0140. The highest BCUT2D eigenvalue weighted by Crippen LogP contribution is 2.22. The lowest BCUT2D eigenvalue weighted by molar-refractivity contribution is 0.413. The van der Waals surface area contributed by atoms with Crippen molar-refractivity contribution in [1.82, 2.24) is 5.32 Å². The van der Waals surface area contributed by atoms with Crippen LogP contribution in [0, 0.1) is 0 Å². The van der Waals surface area contributed by atoms with Crippen LogP contribution in [0.4, 0.5) is 0 Å². The maximum atomic E-state index is 12.5. The summed E-state index contributed by atoms with van der Waals surface area (Å²) in [5.41, 5.74) is 1.05. The Balaban J connectivity index is 2.16. The van der Waals surface area contributed by atoms with Crippen LogP contribution in [0.3, 0.4) is 0 Å². The normalized spacial score (nSPS) is 13.7. The summed E-state index contributed by atoms with van der Waals surface area (Å²) in [6, 6.07) is 14.9. The molecule has 0 amide bonds. The molecule has 2 aromatic carbocycles. The Bertz CT molecular complexity index is 633. The molecule has 3 nitrogen and oxygen atoms in total. The van der Waals surface area contributed by atoms with E-state index in [4.69, 9.17) is 16.3 Å². The molecule has 0 saturated heterocycles. The molecular formula is C16H18ClNO2S. The maximum Gasteiger partial charge on any atom is 0.119 e. The lowest BCUT2D eigenvalue weighted by Gasteiger charge is -2.17. The second kappa shape index (κ2) is 7.59. The van der Waals surface area contributed by atoms with Crippen molar-refractivity contribution in [3.63, 3.8) is 0 Å². The minimum Gasteiger partial charge on any atom is -0.497 e. The number of halogens is 1. The molecule has 0 radical (unpaired) electrons.